The Hall–Kier alpha value is -0.0400. The second-order valence-corrected chi connectivity index (χ2v) is 6.00. The molecule has 2 heterocycles. The lowest BCUT2D eigenvalue weighted by molar-refractivity contribution is 0.291. The van der Waals surface area contributed by atoms with Gasteiger partial charge in [-0.2, -0.15) is 0 Å². The van der Waals surface area contributed by atoms with Crippen molar-refractivity contribution in [2.75, 3.05) is 45.8 Å². The van der Waals surface area contributed by atoms with Crippen molar-refractivity contribution in [1.82, 2.24) is 15.1 Å². The molecule has 2 aliphatic rings. The van der Waals surface area contributed by atoms with Gasteiger partial charge in [0.1, 0.15) is 0 Å². The summed E-state index contributed by atoms with van der Waals surface area (Å²) in [6.07, 6.45) is 5.39. The van der Waals surface area contributed by atoms with E-state index in [1.807, 2.05) is 0 Å². The van der Waals surface area contributed by atoms with E-state index < -0.39 is 0 Å². The second-order valence-electron chi connectivity index (χ2n) is 6.00. The first-order valence-corrected chi connectivity index (χ1v) is 8.05. The fourth-order valence-electron chi connectivity index (χ4n) is 3.06. The van der Waals surface area contributed by atoms with Gasteiger partial charge in [0.25, 0.3) is 0 Å². The molecule has 0 radical (unpaired) electrons. The minimum absolute atomic E-state index is 0. The smallest absolute Gasteiger partial charge is 0.193 e. The fourth-order valence-corrected chi connectivity index (χ4v) is 3.06. The van der Waals surface area contributed by atoms with Crippen LogP contribution in [0.2, 0.25) is 0 Å². The number of hydrogen-bond donors (Lipinski definition) is 1. The summed E-state index contributed by atoms with van der Waals surface area (Å²) < 4.78 is 0. The monoisotopic (exact) mass is 394 g/mol. The van der Waals surface area contributed by atoms with Crippen molar-refractivity contribution in [3.63, 3.8) is 0 Å². The highest BCUT2D eigenvalue weighted by atomic mass is 127. The van der Waals surface area contributed by atoms with E-state index in [1.165, 1.54) is 58.4 Å². The van der Waals surface area contributed by atoms with Crippen molar-refractivity contribution in [2.45, 2.75) is 39.5 Å². The first-order chi connectivity index (χ1) is 9.29. The van der Waals surface area contributed by atoms with Crippen LogP contribution >= 0.6 is 24.0 Å². The van der Waals surface area contributed by atoms with Crippen LogP contribution in [-0.2, 0) is 0 Å². The summed E-state index contributed by atoms with van der Waals surface area (Å²) in [5, 5.41) is 3.44. The molecule has 1 N–H and O–H groups in total. The van der Waals surface area contributed by atoms with Crippen molar-refractivity contribution in [3.05, 3.63) is 0 Å². The molecule has 20 heavy (non-hydrogen) atoms. The molecule has 2 rings (SSSR count). The Morgan fingerprint density at radius 2 is 1.70 bits per heavy atom. The number of rotatable bonds is 5. The van der Waals surface area contributed by atoms with Crippen LogP contribution in [0.15, 0.2) is 4.99 Å². The molecule has 0 aromatic heterocycles. The second kappa shape index (κ2) is 9.82. The molecule has 5 heteroatoms. The molecule has 4 nitrogen and oxygen atoms in total. The highest BCUT2D eigenvalue weighted by Gasteiger charge is 2.17. The molecule has 0 spiro atoms. The third-order valence-electron chi connectivity index (χ3n) is 4.06. The molecule has 118 valence electrons. The van der Waals surface area contributed by atoms with Crippen LogP contribution in [-0.4, -0.2) is 61.6 Å². The van der Waals surface area contributed by atoms with Crippen molar-refractivity contribution in [3.8, 4) is 0 Å². The molecule has 1 unspecified atom stereocenters. The van der Waals surface area contributed by atoms with Gasteiger partial charge in [0.2, 0.25) is 0 Å². The van der Waals surface area contributed by atoms with Gasteiger partial charge in [0, 0.05) is 32.7 Å². The van der Waals surface area contributed by atoms with Crippen LogP contribution in [0.3, 0.4) is 0 Å². The van der Waals surface area contributed by atoms with Crippen molar-refractivity contribution >= 4 is 29.9 Å². The highest BCUT2D eigenvalue weighted by Crippen LogP contribution is 2.11. The van der Waals surface area contributed by atoms with E-state index in [-0.39, 0.29) is 24.0 Å². The summed E-state index contributed by atoms with van der Waals surface area (Å²) in [6, 6.07) is 0. The number of aliphatic imine (C=N–C) groups is 1. The van der Waals surface area contributed by atoms with Crippen LogP contribution in [0.1, 0.15) is 39.5 Å². The van der Waals surface area contributed by atoms with Gasteiger partial charge in [-0.15, -0.1) is 24.0 Å². The van der Waals surface area contributed by atoms with E-state index in [0.717, 1.165) is 19.0 Å². The van der Waals surface area contributed by atoms with Crippen LogP contribution in [0.25, 0.3) is 0 Å². The Kier molecular flexibility index (Phi) is 8.84. The lowest BCUT2D eigenvalue weighted by atomic mass is 10.2. The lowest BCUT2D eigenvalue weighted by Crippen LogP contribution is -2.40. The third kappa shape index (κ3) is 5.76. The Morgan fingerprint density at radius 3 is 2.30 bits per heavy atom. The van der Waals surface area contributed by atoms with Crippen molar-refractivity contribution in [2.24, 2.45) is 10.9 Å². The van der Waals surface area contributed by atoms with Gasteiger partial charge in [-0.05, 0) is 51.6 Å². The van der Waals surface area contributed by atoms with Crippen LogP contribution in [0.5, 0.6) is 0 Å². The largest absolute Gasteiger partial charge is 0.357 e. The summed E-state index contributed by atoms with van der Waals surface area (Å²) in [7, 11) is 0. The Bertz CT molecular complexity index is 284. The standard InChI is InChI=1S/C15H30N4.HI/c1-3-16-15(19-10-6-7-11-19)17-12-14(2)13-18-8-4-5-9-18;/h14H,3-13H2,1-2H3,(H,16,17);1H. The average Bonchev–Trinajstić information content (AvgIpc) is 3.07. The lowest BCUT2D eigenvalue weighted by Gasteiger charge is -2.23. The molecule has 0 saturated carbocycles. The number of guanidine groups is 1. The van der Waals surface area contributed by atoms with Gasteiger partial charge in [0.05, 0.1) is 0 Å². The van der Waals surface area contributed by atoms with Crippen LogP contribution in [0.4, 0.5) is 0 Å². The molecular weight excluding hydrogens is 363 g/mol. The zero-order chi connectivity index (χ0) is 13.5. The first-order valence-electron chi connectivity index (χ1n) is 8.05. The van der Waals surface area contributed by atoms with Gasteiger partial charge in [0.15, 0.2) is 5.96 Å². The van der Waals surface area contributed by atoms with Gasteiger partial charge < -0.3 is 15.1 Å². The van der Waals surface area contributed by atoms with Gasteiger partial charge in [-0.25, -0.2) is 0 Å². The molecule has 0 bridgehead atoms. The van der Waals surface area contributed by atoms with Crippen molar-refractivity contribution in [1.29, 1.82) is 0 Å². The Balaban J connectivity index is 0.00000200. The summed E-state index contributed by atoms with van der Waals surface area (Å²) in [4.78, 5) is 9.84. The summed E-state index contributed by atoms with van der Waals surface area (Å²) >= 11 is 0. The summed E-state index contributed by atoms with van der Waals surface area (Å²) in [5.74, 6) is 1.79. The zero-order valence-electron chi connectivity index (χ0n) is 13.1. The molecule has 2 fully saturated rings. The molecular formula is C15H31IN4. The molecule has 1 atom stereocenters. The molecule has 0 aromatic rings. The third-order valence-corrected chi connectivity index (χ3v) is 4.06. The Morgan fingerprint density at radius 1 is 1.10 bits per heavy atom. The van der Waals surface area contributed by atoms with Gasteiger partial charge in [-0.1, -0.05) is 6.92 Å². The number of hydrogen-bond acceptors (Lipinski definition) is 2. The predicted molar refractivity (Wildman–Crippen MR) is 97.0 cm³/mol. The molecule has 0 amide bonds. The Labute approximate surface area is 141 Å². The first kappa shape index (κ1) is 18.0. The van der Waals surface area contributed by atoms with E-state index >= 15 is 0 Å². The predicted octanol–water partition coefficient (Wildman–Crippen LogP) is 2.40. The number of likely N-dealkylation sites (tertiary alicyclic amines) is 2. The normalized spacial score (nSPS) is 21.9. The van der Waals surface area contributed by atoms with E-state index in [9.17, 15) is 0 Å². The maximum Gasteiger partial charge on any atom is 0.193 e. The highest BCUT2D eigenvalue weighted by molar-refractivity contribution is 14.0. The summed E-state index contributed by atoms with van der Waals surface area (Å²) in [6.45, 7) is 12.5. The van der Waals surface area contributed by atoms with Crippen LogP contribution < -0.4 is 5.32 Å². The van der Waals surface area contributed by atoms with Gasteiger partial charge >= 0.3 is 0 Å². The van der Waals surface area contributed by atoms with E-state index in [1.54, 1.807) is 0 Å². The minimum Gasteiger partial charge on any atom is -0.357 e. The number of halogens is 1. The topological polar surface area (TPSA) is 30.9 Å². The molecule has 0 aliphatic carbocycles. The van der Waals surface area contributed by atoms with Crippen molar-refractivity contribution < 1.29 is 0 Å². The number of nitrogens with one attached hydrogen (secondary N) is 1. The average molecular weight is 394 g/mol. The number of nitrogens with zero attached hydrogens (tertiary/aromatic N) is 3. The molecule has 2 aliphatic heterocycles. The van der Waals surface area contributed by atoms with E-state index in [2.05, 4.69) is 29.0 Å². The fraction of sp³-hybridized carbons (Fsp3) is 0.933. The van der Waals surface area contributed by atoms with Crippen LogP contribution in [0, 0.1) is 5.92 Å². The van der Waals surface area contributed by atoms with Gasteiger partial charge in [-0.3, -0.25) is 4.99 Å². The minimum atomic E-state index is 0. The SMILES string of the molecule is CCNC(=NCC(C)CN1CCCC1)N1CCCC1.I. The quantitative estimate of drug-likeness (QED) is 0.442. The maximum absolute atomic E-state index is 4.84. The maximum atomic E-state index is 4.84. The molecule has 0 aromatic carbocycles. The summed E-state index contributed by atoms with van der Waals surface area (Å²) in [5.41, 5.74) is 0. The molecule has 2 saturated heterocycles. The van der Waals surface area contributed by atoms with E-state index in [4.69, 9.17) is 4.99 Å². The zero-order valence-corrected chi connectivity index (χ0v) is 15.4. The van der Waals surface area contributed by atoms with E-state index in [0.29, 0.717) is 5.92 Å².